The largest absolute Gasteiger partial charge is 0.455 e. The molecule has 0 spiro atoms. The van der Waals surface area contributed by atoms with Crippen LogP contribution < -0.4 is 10.6 Å². The van der Waals surface area contributed by atoms with Crippen molar-refractivity contribution in [1.82, 2.24) is 10.6 Å². The molecule has 0 radical (unpaired) electrons. The van der Waals surface area contributed by atoms with Crippen molar-refractivity contribution in [2.24, 2.45) is 0 Å². The minimum absolute atomic E-state index is 0.192. The summed E-state index contributed by atoms with van der Waals surface area (Å²) < 4.78 is 19.8. The number of fused-ring (bicyclic) bond motifs is 1. The van der Waals surface area contributed by atoms with Gasteiger partial charge < -0.3 is 15.1 Å². The van der Waals surface area contributed by atoms with E-state index in [1.54, 1.807) is 25.2 Å². The number of carbonyl (C=O) groups excluding carboxylic acids is 2. The van der Waals surface area contributed by atoms with Gasteiger partial charge in [0, 0.05) is 34.1 Å². The Balaban J connectivity index is 1.34. The minimum Gasteiger partial charge on any atom is -0.455 e. The Morgan fingerprint density at radius 2 is 1.42 bits per heavy atom. The lowest BCUT2D eigenvalue weighted by Crippen LogP contribution is -2.35. The number of nitrogens with one attached hydrogen (secondary N) is 2. The van der Waals surface area contributed by atoms with E-state index in [1.165, 1.54) is 12.1 Å². The van der Waals surface area contributed by atoms with E-state index in [-0.39, 0.29) is 17.6 Å². The van der Waals surface area contributed by atoms with Crippen LogP contribution in [0.15, 0.2) is 120 Å². The summed E-state index contributed by atoms with van der Waals surface area (Å²) in [5.74, 6) is -0.543. The fourth-order valence-electron chi connectivity index (χ4n) is 5.91. The molecule has 0 bridgehead atoms. The van der Waals surface area contributed by atoms with Crippen molar-refractivity contribution in [1.29, 1.82) is 0 Å². The lowest BCUT2D eigenvalue weighted by atomic mass is 9.93. The normalized spacial score (nSPS) is 13.4. The van der Waals surface area contributed by atoms with Crippen LogP contribution in [0.3, 0.4) is 0 Å². The van der Waals surface area contributed by atoms with E-state index in [2.05, 4.69) is 10.6 Å². The summed E-state index contributed by atoms with van der Waals surface area (Å²) in [7, 11) is 1.56. The lowest BCUT2D eigenvalue weighted by Gasteiger charge is -2.20. The zero-order valence-electron chi connectivity index (χ0n) is 24.4. The van der Waals surface area contributed by atoms with Crippen LogP contribution in [0.25, 0.3) is 44.5 Å². The maximum absolute atomic E-state index is 14.1. The molecular weight excluding hydrogens is 587 g/mol. The van der Waals surface area contributed by atoms with Crippen molar-refractivity contribution in [2.75, 3.05) is 7.05 Å². The molecule has 0 atom stereocenters. The number of hydrogen-bond donors (Lipinski definition) is 2. The summed E-state index contributed by atoms with van der Waals surface area (Å²) in [5.41, 5.74) is 5.69. The molecule has 6 aromatic rings. The number of carbonyl (C=O) groups is 2. The smallest absolute Gasteiger partial charge is 0.255 e. The highest BCUT2D eigenvalue weighted by atomic mass is 35.5. The second kappa shape index (κ2) is 11.4. The molecule has 45 heavy (non-hydrogen) atoms. The van der Waals surface area contributed by atoms with Crippen LogP contribution >= 0.6 is 11.6 Å². The maximum atomic E-state index is 14.1. The molecule has 0 unspecified atom stereocenters. The fraction of sp³-hybridized carbons (Fsp3) is 0.105. The number of halogens is 2. The molecule has 0 aliphatic heterocycles. The first kappa shape index (κ1) is 28.6. The van der Waals surface area contributed by atoms with Crippen LogP contribution in [0.4, 0.5) is 4.39 Å². The summed E-state index contributed by atoms with van der Waals surface area (Å²) in [5, 5.41) is 7.17. The van der Waals surface area contributed by atoms with E-state index < -0.39 is 5.54 Å². The second-order valence-electron chi connectivity index (χ2n) is 11.2. The highest BCUT2D eigenvalue weighted by Gasteiger charge is 2.45. The van der Waals surface area contributed by atoms with Crippen molar-refractivity contribution in [2.45, 2.75) is 18.4 Å². The van der Waals surface area contributed by atoms with Gasteiger partial charge >= 0.3 is 0 Å². The molecule has 5 aromatic carbocycles. The molecule has 1 fully saturated rings. The van der Waals surface area contributed by atoms with Gasteiger partial charge in [-0.1, -0.05) is 78.3 Å². The standard InChI is InChI=1S/C38H28ClFN2O3/c1-41-37(44)34-31-22-25(14-18-33(31)45-35(34)23-11-15-27(40)16-12-23)24-13-17-28(29-9-5-6-10-32(29)39)30(21-24)36(43)42-38(19-20-38)26-7-3-2-4-8-26/h2-18,21-22H,19-20H2,1H3,(H,41,44)(H,42,43). The summed E-state index contributed by atoms with van der Waals surface area (Å²) in [6.45, 7) is 0. The molecule has 1 heterocycles. The summed E-state index contributed by atoms with van der Waals surface area (Å²) >= 11 is 6.62. The number of hydrogen-bond acceptors (Lipinski definition) is 3. The first-order valence-electron chi connectivity index (χ1n) is 14.7. The van der Waals surface area contributed by atoms with Gasteiger partial charge in [-0.25, -0.2) is 4.39 Å². The van der Waals surface area contributed by atoms with E-state index in [0.717, 1.165) is 40.7 Å². The molecule has 7 heteroatoms. The van der Waals surface area contributed by atoms with Gasteiger partial charge in [0.05, 0.1) is 11.1 Å². The average molecular weight is 615 g/mol. The highest BCUT2D eigenvalue weighted by Crippen LogP contribution is 2.46. The molecule has 0 saturated heterocycles. The van der Waals surface area contributed by atoms with Crippen LogP contribution in [0, 0.1) is 5.82 Å². The number of furan rings is 1. The molecule has 5 nitrogen and oxygen atoms in total. The van der Waals surface area contributed by atoms with Crippen LogP contribution in [-0.2, 0) is 5.54 Å². The van der Waals surface area contributed by atoms with E-state index >= 15 is 0 Å². The van der Waals surface area contributed by atoms with Crippen LogP contribution in [0.1, 0.15) is 39.1 Å². The van der Waals surface area contributed by atoms with Crippen molar-refractivity contribution in [3.05, 3.63) is 143 Å². The van der Waals surface area contributed by atoms with Gasteiger partial charge in [-0.05, 0) is 83.6 Å². The van der Waals surface area contributed by atoms with Crippen LogP contribution in [0.2, 0.25) is 5.02 Å². The summed E-state index contributed by atoms with van der Waals surface area (Å²) in [4.78, 5) is 27.2. The van der Waals surface area contributed by atoms with Gasteiger partial charge in [-0.15, -0.1) is 0 Å². The molecule has 1 aliphatic rings. The van der Waals surface area contributed by atoms with Crippen molar-refractivity contribution in [3.8, 4) is 33.6 Å². The van der Waals surface area contributed by atoms with Gasteiger partial charge in [0.25, 0.3) is 11.8 Å². The Labute approximate surface area is 264 Å². The number of amides is 2. The SMILES string of the molecule is CNC(=O)c1c(-c2ccc(F)cc2)oc2ccc(-c3ccc(-c4ccccc4Cl)c(C(=O)NC4(c5ccccc5)CC4)c3)cc12. The fourth-order valence-corrected chi connectivity index (χ4v) is 6.15. The Kier molecular flexibility index (Phi) is 7.22. The van der Waals surface area contributed by atoms with Crippen molar-refractivity contribution >= 4 is 34.4 Å². The molecule has 2 amide bonds. The van der Waals surface area contributed by atoms with Gasteiger partial charge in [0.2, 0.25) is 0 Å². The molecular formula is C38H28ClFN2O3. The van der Waals surface area contributed by atoms with E-state index in [0.29, 0.717) is 38.4 Å². The van der Waals surface area contributed by atoms with Crippen LogP contribution in [0.5, 0.6) is 0 Å². The average Bonchev–Trinajstić information content (AvgIpc) is 3.76. The van der Waals surface area contributed by atoms with E-state index in [4.69, 9.17) is 16.0 Å². The predicted molar refractivity (Wildman–Crippen MR) is 176 cm³/mol. The van der Waals surface area contributed by atoms with Gasteiger partial charge in [0.15, 0.2) is 0 Å². The maximum Gasteiger partial charge on any atom is 0.255 e. The first-order valence-corrected chi connectivity index (χ1v) is 15.1. The Bertz CT molecular complexity index is 2080. The van der Waals surface area contributed by atoms with Gasteiger partial charge in [0.1, 0.15) is 17.2 Å². The molecule has 7 rings (SSSR count). The Hall–Kier alpha value is -5.20. The molecule has 1 aromatic heterocycles. The first-order chi connectivity index (χ1) is 21.9. The van der Waals surface area contributed by atoms with Crippen LogP contribution in [-0.4, -0.2) is 18.9 Å². The molecule has 1 saturated carbocycles. The zero-order valence-corrected chi connectivity index (χ0v) is 25.1. The Morgan fingerprint density at radius 3 is 2.13 bits per heavy atom. The lowest BCUT2D eigenvalue weighted by molar-refractivity contribution is 0.0929. The summed E-state index contributed by atoms with van der Waals surface area (Å²) in [6.07, 6.45) is 1.72. The Morgan fingerprint density at radius 1 is 0.756 bits per heavy atom. The zero-order chi connectivity index (χ0) is 31.1. The van der Waals surface area contributed by atoms with Crippen molar-refractivity contribution in [3.63, 3.8) is 0 Å². The van der Waals surface area contributed by atoms with Crippen molar-refractivity contribution < 1.29 is 18.4 Å². The predicted octanol–water partition coefficient (Wildman–Crippen LogP) is 9.00. The topological polar surface area (TPSA) is 71.3 Å². The monoisotopic (exact) mass is 614 g/mol. The quantitative estimate of drug-likeness (QED) is 0.188. The number of benzene rings is 5. The third kappa shape index (κ3) is 5.28. The summed E-state index contributed by atoms with van der Waals surface area (Å²) in [6, 6.07) is 34.6. The van der Waals surface area contributed by atoms with Gasteiger partial charge in [-0.2, -0.15) is 0 Å². The molecule has 2 N–H and O–H groups in total. The molecule has 222 valence electrons. The third-order valence-electron chi connectivity index (χ3n) is 8.44. The second-order valence-corrected chi connectivity index (χ2v) is 11.7. The van der Waals surface area contributed by atoms with E-state index in [1.807, 2.05) is 84.9 Å². The molecule has 1 aliphatic carbocycles. The van der Waals surface area contributed by atoms with Gasteiger partial charge in [-0.3, -0.25) is 9.59 Å². The minimum atomic E-state index is -0.402. The third-order valence-corrected chi connectivity index (χ3v) is 8.77. The van der Waals surface area contributed by atoms with E-state index in [9.17, 15) is 14.0 Å². The number of rotatable bonds is 7. The highest BCUT2D eigenvalue weighted by molar-refractivity contribution is 6.33.